The van der Waals surface area contributed by atoms with E-state index in [4.69, 9.17) is 55.5 Å². The van der Waals surface area contributed by atoms with Gasteiger partial charge in [-0.2, -0.15) is 61.2 Å². The zero-order valence-electron chi connectivity index (χ0n) is 65.1. The standard InChI is InChI=1S/C19H22FN9O.C16H15FN6O2S.C8H9ClN2O2S.3C8H7FN4.C6H5BrFN.C2H3N3/c20-13-6-5-11(9-16(13)29-24-7-8-25-29)26-18-12(17(22)30)10-23-19(28-18)27-15-4-2-1-3-14(15)21;1-3-25-15(24)11-9-18-16(26-2)22-14(11)21-10-4-5-12(17)13(8-10)23-19-6-7-20-23;1-3-13-7(12)5-4-10-8(14-2)11-6(5)9;9-7-2-1-6(10)5-8(7)13-4-3-11-12-13;2*9-7-2-1-6(10)5-8(7)13-11-3-4-12-13;7-5-3-4(9)1-2-6(5)8;1-2-4-5-3-1/h5-10,14-15H,1-4,21H2,(H2,22,30)(H2,23,26,27,28);4-9H,3H2,1-2H3,(H,18,21,22);4H,3H2,1-2H3;3*1-5H,10H2;1-3H,9H2;1-2H,(H,3,4,5)/t14-,15+;;;;;;;/m0......./s1. The van der Waals surface area contributed by atoms with Gasteiger partial charge in [-0.15, -0.1) is 24.3 Å². The molecule has 1 saturated carbocycles. The van der Waals surface area contributed by atoms with Crippen LogP contribution in [0.1, 0.15) is 70.6 Å². The Balaban J connectivity index is 0.000000167. The number of esters is 2. The van der Waals surface area contributed by atoms with Crippen LogP contribution in [-0.2, 0) is 9.47 Å². The minimum absolute atomic E-state index is 0.0100. The highest BCUT2D eigenvalue weighted by Crippen LogP contribution is 2.29. The van der Waals surface area contributed by atoms with E-state index in [9.17, 15) is 40.7 Å². The molecule has 1 fully saturated rings. The number of carbonyl (C=O) groups is 3. The topological polar surface area (TPSA) is 534 Å². The lowest BCUT2D eigenvalue weighted by Gasteiger charge is -2.29. The Labute approximate surface area is 716 Å². The highest BCUT2D eigenvalue weighted by atomic mass is 79.9. The molecule has 6 aromatic carbocycles. The Morgan fingerprint density at radius 1 is 0.504 bits per heavy atom. The molecule has 9 heterocycles. The Bertz CT molecular complexity index is 5640. The summed E-state index contributed by atoms with van der Waals surface area (Å²) in [6.07, 6.45) is 29.7. The molecular weight excluding hydrogens is 1740 g/mol. The molecule has 1 amide bonds. The minimum Gasteiger partial charge on any atom is -0.462 e. The van der Waals surface area contributed by atoms with Crippen LogP contribution in [0.5, 0.6) is 0 Å². The number of aromatic nitrogens is 24. The highest BCUT2D eigenvalue weighted by molar-refractivity contribution is 9.10. The molecule has 123 heavy (non-hydrogen) atoms. The van der Waals surface area contributed by atoms with Crippen molar-refractivity contribution in [2.24, 2.45) is 11.5 Å². The van der Waals surface area contributed by atoms with E-state index < -0.39 is 41.1 Å². The Kier molecular flexibility index (Phi) is 35.0. The molecule has 0 aliphatic heterocycles. The maximum atomic E-state index is 14.2. The van der Waals surface area contributed by atoms with Gasteiger partial charge < -0.3 is 59.8 Å². The van der Waals surface area contributed by atoms with Crippen LogP contribution in [-0.4, -0.2) is 176 Å². The van der Waals surface area contributed by atoms with Gasteiger partial charge in [0.1, 0.15) is 73.6 Å². The number of nitrogens with two attached hydrogens (primary N) is 6. The summed E-state index contributed by atoms with van der Waals surface area (Å²) < 4.78 is 91.7. The first-order chi connectivity index (χ1) is 59.3. The van der Waals surface area contributed by atoms with Crippen molar-refractivity contribution in [3.63, 3.8) is 0 Å². The number of carbonyl (C=O) groups excluding carboxylic acids is 3. The predicted molar refractivity (Wildman–Crippen MR) is 450 cm³/mol. The number of rotatable bonds is 18. The van der Waals surface area contributed by atoms with E-state index in [0.717, 1.165) is 30.5 Å². The van der Waals surface area contributed by atoms with E-state index in [1.54, 1.807) is 32.4 Å². The van der Waals surface area contributed by atoms with E-state index in [1.807, 2.05) is 12.5 Å². The van der Waals surface area contributed by atoms with Crippen LogP contribution in [0.15, 0.2) is 217 Å². The summed E-state index contributed by atoms with van der Waals surface area (Å²) in [5.41, 5.74) is 38.1. The molecule has 2 atom stereocenters. The lowest BCUT2D eigenvalue weighted by molar-refractivity contribution is 0.0516. The Hall–Kier alpha value is -14.6. The van der Waals surface area contributed by atoms with Crippen molar-refractivity contribution in [3.05, 3.63) is 263 Å². The number of amides is 1. The fraction of sp³-hybridized carbons (Fsp3) is 0.160. The molecule has 0 bridgehead atoms. The number of nitrogen functional groups attached to an aromatic ring is 4. The Morgan fingerprint density at radius 3 is 1.31 bits per heavy atom. The maximum Gasteiger partial charge on any atom is 0.343 e. The monoisotopic (exact) mass is 1810 g/mol. The van der Waals surface area contributed by atoms with E-state index in [0.29, 0.717) is 67.2 Å². The number of hydrogen-bond acceptors (Lipinski definition) is 33. The van der Waals surface area contributed by atoms with Crippen molar-refractivity contribution < 1.29 is 50.2 Å². The smallest absolute Gasteiger partial charge is 0.343 e. The number of nitrogens with zero attached hydrogens (tertiary/aromatic N) is 23. The fourth-order valence-electron chi connectivity index (χ4n) is 10.1. The number of H-pyrrole nitrogens is 1. The molecule has 0 saturated heterocycles. The first kappa shape index (κ1) is 92.3. The molecule has 16 N–H and O–H groups in total. The molecule has 48 heteroatoms. The summed E-state index contributed by atoms with van der Waals surface area (Å²) in [5.74, 6) is -3.35. The molecule has 0 unspecified atom stereocenters. The second-order valence-electron chi connectivity index (χ2n) is 24.3. The van der Waals surface area contributed by atoms with Gasteiger partial charge in [-0.1, -0.05) is 53.2 Å². The summed E-state index contributed by atoms with van der Waals surface area (Å²) in [4.78, 5) is 64.8. The van der Waals surface area contributed by atoms with Crippen LogP contribution in [0.4, 0.5) is 78.1 Å². The van der Waals surface area contributed by atoms with Gasteiger partial charge in [-0.05, 0) is 164 Å². The van der Waals surface area contributed by atoms with Crippen LogP contribution in [0.25, 0.3) is 28.4 Å². The van der Waals surface area contributed by atoms with Crippen molar-refractivity contribution >= 4 is 121 Å². The van der Waals surface area contributed by atoms with Crippen LogP contribution in [0.3, 0.4) is 0 Å². The second kappa shape index (κ2) is 46.7. The number of nitrogens with one attached hydrogen (secondary N) is 4. The molecule has 38 nitrogen and oxygen atoms in total. The van der Waals surface area contributed by atoms with Crippen LogP contribution < -0.4 is 50.4 Å². The summed E-state index contributed by atoms with van der Waals surface area (Å²) in [5, 5.41) is 57.9. The average molecular weight is 1810 g/mol. The third-order valence-corrected chi connectivity index (χ3v) is 17.9. The molecule has 9 aromatic heterocycles. The molecular formula is C75H75BrClF6N33O5S2. The number of hydrogen-bond donors (Lipinski definition) is 10. The SMILES string of the molecule is CCOC(=O)c1cnc(SC)nc1Cl.CCOC(=O)c1cnc(SC)nc1Nc1ccc(F)c(-n2nccn2)c1.NC(=O)c1cnc(N[C@@H]2CCCC[C@@H]2N)nc1Nc1ccc(F)c(-n2nccn2)c1.Nc1ccc(F)c(-n2ccnn2)c1.Nc1ccc(F)c(-n2nccn2)c1.Nc1ccc(F)c(-n2nccn2)c1.Nc1ccc(F)c(Br)c1.c1cn[nH]n1. The number of anilines is 9. The second-order valence-corrected chi connectivity index (χ2v) is 27.1. The summed E-state index contributed by atoms with van der Waals surface area (Å²) in [6.45, 7) is 3.97. The number of benzene rings is 6. The van der Waals surface area contributed by atoms with E-state index in [1.165, 1.54) is 226 Å². The van der Waals surface area contributed by atoms with Crippen molar-refractivity contribution in [2.45, 2.75) is 61.9 Å². The van der Waals surface area contributed by atoms with Gasteiger partial charge in [0.2, 0.25) is 5.95 Å². The number of primary amides is 1. The lowest BCUT2D eigenvalue weighted by atomic mass is 9.91. The quantitative estimate of drug-likeness (QED) is 0.00952. The Morgan fingerprint density at radius 2 is 0.902 bits per heavy atom. The van der Waals surface area contributed by atoms with E-state index in [2.05, 4.69) is 128 Å². The van der Waals surface area contributed by atoms with Gasteiger partial charge in [0.25, 0.3) is 5.91 Å². The van der Waals surface area contributed by atoms with E-state index in [-0.39, 0.29) is 86.6 Å². The predicted octanol–water partition coefficient (Wildman–Crippen LogP) is 11.5. The third kappa shape index (κ3) is 27.7. The summed E-state index contributed by atoms with van der Waals surface area (Å²) in [7, 11) is 0. The molecule has 1 aliphatic carbocycles. The molecule has 0 spiro atoms. The van der Waals surface area contributed by atoms with Gasteiger partial charge in [-0.3, -0.25) is 4.79 Å². The minimum atomic E-state index is -0.686. The van der Waals surface area contributed by atoms with E-state index >= 15 is 0 Å². The lowest BCUT2D eigenvalue weighted by Crippen LogP contribution is -2.43. The average Bonchev–Trinajstić information content (AvgIpc) is 1.33. The van der Waals surface area contributed by atoms with Crippen LogP contribution in [0, 0.1) is 34.9 Å². The van der Waals surface area contributed by atoms with Gasteiger partial charge in [-0.25, -0.2) is 65.5 Å². The molecule has 0 radical (unpaired) electrons. The van der Waals surface area contributed by atoms with Crippen molar-refractivity contribution in [2.75, 3.05) is 64.6 Å². The van der Waals surface area contributed by atoms with Crippen molar-refractivity contribution in [3.8, 4) is 28.4 Å². The normalized spacial score (nSPS) is 12.2. The third-order valence-electron chi connectivity index (χ3n) is 15.8. The molecule has 638 valence electrons. The number of halogens is 8. The largest absolute Gasteiger partial charge is 0.462 e. The summed E-state index contributed by atoms with van der Waals surface area (Å²) in [6, 6.07) is 25.8. The zero-order valence-corrected chi connectivity index (χ0v) is 69.1. The van der Waals surface area contributed by atoms with Crippen LogP contribution >= 0.6 is 51.1 Å². The van der Waals surface area contributed by atoms with Crippen molar-refractivity contribution in [1.29, 1.82) is 0 Å². The maximum absolute atomic E-state index is 14.2. The summed E-state index contributed by atoms with van der Waals surface area (Å²) >= 11 is 11.5. The first-order valence-corrected chi connectivity index (χ1v) is 39.6. The highest BCUT2D eigenvalue weighted by Gasteiger charge is 2.25. The van der Waals surface area contributed by atoms with Crippen molar-refractivity contribution in [1.82, 2.24) is 120 Å². The van der Waals surface area contributed by atoms with Gasteiger partial charge in [0.05, 0.1) is 92.0 Å². The van der Waals surface area contributed by atoms with Gasteiger partial charge >= 0.3 is 11.9 Å². The molecule has 1 aliphatic rings. The zero-order chi connectivity index (χ0) is 88.3. The number of aromatic amines is 1. The van der Waals surface area contributed by atoms with Crippen LogP contribution in [0.2, 0.25) is 5.15 Å². The fourth-order valence-corrected chi connectivity index (χ4v) is 11.5. The van der Waals surface area contributed by atoms with Gasteiger partial charge in [0.15, 0.2) is 33.6 Å². The number of ether oxygens (including phenoxy) is 2. The number of thioether (sulfide) groups is 2. The first-order valence-electron chi connectivity index (χ1n) is 36.0. The molecule has 16 rings (SSSR count). The molecule has 15 aromatic rings. The van der Waals surface area contributed by atoms with Gasteiger partial charge in [0, 0.05) is 64.8 Å².